The number of fused-ring (bicyclic) bond motifs is 1. The second-order valence-corrected chi connectivity index (χ2v) is 7.09. The number of nitrogens with zero attached hydrogens (tertiary/aromatic N) is 1. The van der Waals surface area contributed by atoms with E-state index in [1.165, 1.54) is 0 Å². The van der Waals surface area contributed by atoms with E-state index in [4.69, 9.17) is 4.42 Å². The van der Waals surface area contributed by atoms with Gasteiger partial charge in [-0.1, -0.05) is 30.3 Å². The van der Waals surface area contributed by atoms with Crippen molar-refractivity contribution in [3.63, 3.8) is 0 Å². The molecule has 1 N–H and O–H groups in total. The average molecular weight is 374 g/mol. The number of carbonyl (C=O) groups excluding carboxylic acids is 2. The Bertz CT molecular complexity index is 1040. The Morgan fingerprint density at radius 3 is 2.57 bits per heavy atom. The minimum absolute atomic E-state index is 0.123. The van der Waals surface area contributed by atoms with Crippen LogP contribution in [-0.4, -0.2) is 11.8 Å². The largest absolute Gasteiger partial charge is 0.466 e. The molecule has 5 nitrogen and oxygen atoms in total. The highest BCUT2D eigenvalue weighted by Crippen LogP contribution is 2.32. The summed E-state index contributed by atoms with van der Waals surface area (Å²) in [6.07, 6.45) is 1.14. The third-order valence-corrected chi connectivity index (χ3v) is 5.01. The molecule has 1 aliphatic heterocycles. The van der Waals surface area contributed by atoms with Gasteiger partial charge in [-0.2, -0.15) is 0 Å². The molecule has 1 aromatic heterocycles. The molecule has 28 heavy (non-hydrogen) atoms. The normalized spacial score (nSPS) is 13.4. The molecule has 2 heterocycles. The summed E-state index contributed by atoms with van der Waals surface area (Å²) in [7, 11) is 0. The van der Waals surface area contributed by atoms with Crippen molar-refractivity contribution in [3.05, 3.63) is 82.8 Å². The summed E-state index contributed by atoms with van der Waals surface area (Å²) in [5.74, 6) is 1.25. The molecular weight excluding hydrogens is 352 g/mol. The topological polar surface area (TPSA) is 62.6 Å². The van der Waals surface area contributed by atoms with E-state index in [-0.39, 0.29) is 11.8 Å². The summed E-state index contributed by atoms with van der Waals surface area (Å²) in [5, 5.41) is 2.94. The number of aryl methyl sites for hydroxylation is 3. The summed E-state index contributed by atoms with van der Waals surface area (Å²) in [6, 6.07) is 17.4. The van der Waals surface area contributed by atoms with Crippen LogP contribution in [0.5, 0.6) is 0 Å². The Morgan fingerprint density at radius 1 is 1.07 bits per heavy atom. The van der Waals surface area contributed by atoms with Gasteiger partial charge in [0.15, 0.2) is 0 Å². The van der Waals surface area contributed by atoms with Crippen LogP contribution in [0.3, 0.4) is 0 Å². The highest BCUT2D eigenvalue weighted by Gasteiger charge is 2.25. The number of carbonyl (C=O) groups is 2. The van der Waals surface area contributed by atoms with Gasteiger partial charge in [-0.05, 0) is 55.7 Å². The molecule has 0 unspecified atom stereocenters. The number of furan rings is 1. The molecule has 0 aliphatic carbocycles. The van der Waals surface area contributed by atoms with E-state index < -0.39 is 0 Å². The van der Waals surface area contributed by atoms with Crippen LogP contribution in [0.1, 0.15) is 39.4 Å². The maximum Gasteiger partial charge on any atom is 0.259 e. The molecule has 4 rings (SSSR count). The monoisotopic (exact) mass is 374 g/mol. The summed E-state index contributed by atoms with van der Waals surface area (Å²) in [4.78, 5) is 26.9. The molecule has 1 aliphatic rings. The summed E-state index contributed by atoms with van der Waals surface area (Å²) >= 11 is 0. The number of hydrogen-bond acceptors (Lipinski definition) is 3. The second kappa shape index (κ2) is 7.35. The Balaban J connectivity index is 1.57. The number of benzene rings is 2. The van der Waals surface area contributed by atoms with Crippen molar-refractivity contribution in [2.75, 3.05) is 10.2 Å². The van der Waals surface area contributed by atoms with Crippen LogP contribution in [0, 0.1) is 13.8 Å². The first-order valence-corrected chi connectivity index (χ1v) is 9.37. The predicted octanol–water partition coefficient (Wildman–Crippen LogP) is 4.63. The molecule has 0 fully saturated rings. The fraction of sp³-hybridized carbons (Fsp3) is 0.217. The maximum atomic E-state index is 12.5. The van der Waals surface area contributed by atoms with Crippen molar-refractivity contribution >= 4 is 23.2 Å². The third kappa shape index (κ3) is 3.56. The van der Waals surface area contributed by atoms with E-state index in [1.54, 1.807) is 13.0 Å². The zero-order valence-electron chi connectivity index (χ0n) is 16.0. The lowest BCUT2D eigenvalue weighted by atomic mass is 9.99. The molecule has 0 atom stereocenters. The highest BCUT2D eigenvalue weighted by molar-refractivity contribution is 6.05. The summed E-state index contributed by atoms with van der Waals surface area (Å²) in [5.41, 5.74) is 4.32. The lowest BCUT2D eigenvalue weighted by Crippen LogP contribution is -2.34. The van der Waals surface area contributed by atoms with E-state index in [0.29, 0.717) is 36.5 Å². The Hall–Kier alpha value is -3.34. The Kier molecular flexibility index (Phi) is 4.74. The van der Waals surface area contributed by atoms with Crippen molar-refractivity contribution < 1.29 is 14.0 Å². The van der Waals surface area contributed by atoms with Crippen molar-refractivity contribution in [1.82, 2.24) is 0 Å². The van der Waals surface area contributed by atoms with Crippen molar-refractivity contribution in [1.29, 1.82) is 0 Å². The van der Waals surface area contributed by atoms with Gasteiger partial charge in [0.25, 0.3) is 5.91 Å². The van der Waals surface area contributed by atoms with Crippen molar-refractivity contribution in [2.24, 2.45) is 0 Å². The minimum Gasteiger partial charge on any atom is -0.466 e. The fourth-order valence-corrected chi connectivity index (χ4v) is 3.63. The van der Waals surface area contributed by atoms with Crippen LogP contribution in [-0.2, 0) is 17.8 Å². The van der Waals surface area contributed by atoms with E-state index in [0.717, 1.165) is 22.5 Å². The SMILES string of the molecule is Cc1cc(C(=O)Nc2ccc3c(c2)CCC(=O)N3Cc2ccccc2)c(C)o1. The van der Waals surface area contributed by atoms with Gasteiger partial charge < -0.3 is 14.6 Å². The van der Waals surface area contributed by atoms with Crippen molar-refractivity contribution in [3.8, 4) is 0 Å². The third-order valence-electron chi connectivity index (χ3n) is 5.01. The predicted molar refractivity (Wildman–Crippen MR) is 109 cm³/mol. The first kappa shape index (κ1) is 18.0. The Morgan fingerprint density at radius 2 is 1.86 bits per heavy atom. The first-order valence-electron chi connectivity index (χ1n) is 9.37. The highest BCUT2D eigenvalue weighted by atomic mass is 16.3. The van der Waals surface area contributed by atoms with Gasteiger partial charge in [-0.15, -0.1) is 0 Å². The van der Waals surface area contributed by atoms with Crippen LogP contribution in [0.4, 0.5) is 11.4 Å². The maximum absolute atomic E-state index is 12.5. The van der Waals surface area contributed by atoms with Gasteiger partial charge in [0.05, 0.1) is 12.1 Å². The minimum atomic E-state index is -0.192. The van der Waals surface area contributed by atoms with E-state index in [2.05, 4.69) is 5.32 Å². The zero-order chi connectivity index (χ0) is 19.7. The number of nitrogens with one attached hydrogen (secondary N) is 1. The van der Waals surface area contributed by atoms with Crippen LogP contribution in [0.25, 0.3) is 0 Å². The van der Waals surface area contributed by atoms with Crippen LogP contribution in [0.2, 0.25) is 0 Å². The number of amides is 2. The smallest absolute Gasteiger partial charge is 0.259 e. The van der Waals surface area contributed by atoms with Gasteiger partial charge in [0, 0.05) is 17.8 Å². The summed E-state index contributed by atoms with van der Waals surface area (Å²) in [6.45, 7) is 4.15. The standard InChI is InChI=1S/C23H22N2O3/c1-15-12-20(16(2)28-15)23(27)24-19-9-10-21-18(13-19)8-11-22(26)25(21)14-17-6-4-3-5-7-17/h3-7,9-10,12-13H,8,11,14H2,1-2H3,(H,24,27). The molecule has 0 spiro atoms. The molecule has 0 saturated carbocycles. The molecule has 0 bridgehead atoms. The number of hydrogen-bond donors (Lipinski definition) is 1. The molecule has 2 amide bonds. The van der Waals surface area contributed by atoms with Crippen LogP contribution >= 0.6 is 0 Å². The van der Waals surface area contributed by atoms with E-state index in [9.17, 15) is 9.59 Å². The van der Waals surface area contributed by atoms with Gasteiger partial charge in [0.2, 0.25) is 5.91 Å². The van der Waals surface area contributed by atoms with E-state index >= 15 is 0 Å². The van der Waals surface area contributed by atoms with Gasteiger partial charge >= 0.3 is 0 Å². The van der Waals surface area contributed by atoms with E-state index in [1.807, 2.05) is 60.4 Å². The molecule has 5 heteroatoms. The van der Waals surface area contributed by atoms with Gasteiger partial charge in [-0.25, -0.2) is 0 Å². The molecule has 2 aromatic carbocycles. The molecular formula is C23H22N2O3. The fourth-order valence-electron chi connectivity index (χ4n) is 3.63. The van der Waals surface area contributed by atoms with Crippen molar-refractivity contribution in [2.45, 2.75) is 33.2 Å². The molecule has 0 radical (unpaired) electrons. The number of anilines is 2. The molecule has 142 valence electrons. The average Bonchev–Trinajstić information content (AvgIpc) is 3.03. The quantitative estimate of drug-likeness (QED) is 0.724. The first-order chi connectivity index (χ1) is 13.5. The second-order valence-electron chi connectivity index (χ2n) is 7.09. The number of rotatable bonds is 4. The van der Waals surface area contributed by atoms with Gasteiger partial charge in [-0.3, -0.25) is 9.59 Å². The molecule has 0 saturated heterocycles. The lowest BCUT2D eigenvalue weighted by molar-refractivity contribution is -0.119. The van der Waals surface area contributed by atoms with Gasteiger partial charge in [0.1, 0.15) is 11.5 Å². The zero-order valence-corrected chi connectivity index (χ0v) is 16.0. The lowest BCUT2D eigenvalue weighted by Gasteiger charge is -2.30. The summed E-state index contributed by atoms with van der Waals surface area (Å²) < 4.78 is 5.44. The van der Waals surface area contributed by atoms with Crippen LogP contribution in [0.15, 0.2) is 59.0 Å². The van der Waals surface area contributed by atoms with Crippen LogP contribution < -0.4 is 10.2 Å². The molecule has 3 aromatic rings. The Labute approximate surface area is 164 Å².